The first kappa shape index (κ1) is 13.8. The number of hydrogen-bond donors (Lipinski definition) is 1. The van der Waals surface area contributed by atoms with Crippen molar-refractivity contribution in [2.75, 3.05) is 7.11 Å². The second-order valence-corrected chi connectivity index (χ2v) is 4.27. The second kappa shape index (κ2) is 6.52. The van der Waals surface area contributed by atoms with Gasteiger partial charge in [0.2, 0.25) is 5.91 Å². The molecule has 0 atom stereocenters. The van der Waals surface area contributed by atoms with Crippen LogP contribution in [0.3, 0.4) is 0 Å². The van der Waals surface area contributed by atoms with E-state index in [1.54, 1.807) is 7.11 Å². The Hall–Kier alpha value is -2.62. The molecule has 1 amide bonds. The van der Waals surface area contributed by atoms with Gasteiger partial charge in [-0.15, -0.1) is 0 Å². The zero-order chi connectivity index (χ0) is 14.4. The highest BCUT2D eigenvalue weighted by molar-refractivity contribution is 6.11. The number of primary amides is 1. The number of methoxy groups -OCH3 is 1. The largest absolute Gasteiger partial charge is 0.497 e. The number of aliphatic imine (C=N–C) groups is 1. The van der Waals surface area contributed by atoms with Crippen LogP contribution >= 0.6 is 0 Å². The number of rotatable bonds is 5. The van der Waals surface area contributed by atoms with Crippen molar-refractivity contribution in [3.63, 3.8) is 0 Å². The first-order chi connectivity index (χ1) is 9.69. The third kappa shape index (κ3) is 3.68. The predicted octanol–water partition coefficient (Wildman–Crippen LogP) is 2.69. The van der Waals surface area contributed by atoms with Crippen molar-refractivity contribution >= 4 is 17.3 Å². The van der Waals surface area contributed by atoms with Crippen LogP contribution in [0.25, 0.3) is 0 Å². The summed E-state index contributed by atoms with van der Waals surface area (Å²) in [5, 5.41) is 0. The smallest absolute Gasteiger partial charge is 0.223 e. The Morgan fingerprint density at radius 1 is 1.15 bits per heavy atom. The molecule has 102 valence electrons. The lowest BCUT2D eigenvalue weighted by Gasteiger charge is -2.06. The zero-order valence-corrected chi connectivity index (χ0v) is 11.2. The van der Waals surface area contributed by atoms with Gasteiger partial charge in [-0.3, -0.25) is 9.79 Å². The molecule has 0 aromatic heterocycles. The van der Waals surface area contributed by atoms with E-state index < -0.39 is 5.91 Å². The third-order valence-corrected chi connectivity index (χ3v) is 2.77. The van der Waals surface area contributed by atoms with Crippen LogP contribution in [0.2, 0.25) is 0 Å². The minimum absolute atomic E-state index is 0.0984. The van der Waals surface area contributed by atoms with Crippen molar-refractivity contribution in [3.05, 3.63) is 60.2 Å². The van der Waals surface area contributed by atoms with Crippen LogP contribution in [-0.4, -0.2) is 18.7 Å². The number of nitrogens with two attached hydrogens (primary N) is 1. The van der Waals surface area contributed by atoms with Gasteiger partial charge in [0.25, 0.3) is 0 Å². The predicted molar refractivity (Wildman–Crippen MR) is 79.4 cm³/mol. The van der Waals surface area contributed by atoms with E-state index in [9.17, 15) is 4.79 Å². The molecule has 2 N–H and O–H groups in total. The zero-order valence-electron chi connectivity index (χ0n) is 11.2. The lowest BCUT2D eigenvalue weighted by molar-refractivity contribution is -0.116. The Kier molecular flexibility index (Phi) is 4.50. The summed E-state index contributed by atoms with van der Waals surface area (Å²) in [7, 11) is 1.60. The van der Waals surface area contributed by atoms with E-state index in [1.807, 2.05) is 54.6 Å². The highest BCUT2D eigenvalue weighted by atomic mass is 16.5. The van der Waals surface area contributed by atoms with Crippen molar-refractivity contribution in [2.45, 2.75) is 6.42 Å². The molecule has 0 aliphatic heterocycles. The summed E-state index contributed by atoms with van der Waals surface area (Å²) in [4.78, 5) is 15.7. The van der Waals surface area contributed by atoms with Crippen molar-refractivity contribution in [1.29, 1.82) is 0 Å². The Labute approximate surface area is 117 Å². The summed E-state index contributed by atoms with van der Waals surface area (Å²) >= 11 is 0. The van der Waals surface area contributed by atoms with E-state index in [0.29, 0.717) is 5.71 Å². The minimum Gasteiger partial charge on any atom is -0.497 e. The van der Waals surface area contributed by atoms with Crippen LogP contribution in [0, 0.1) is 0 Å². The van der Waals surface area contributed by atoms with Gasteiger partial charge < -0.3 is 10.5 Å². The maximum Gasteiger partial charge on any atom is 0.223 e. The Morgan fingerprint density at radius 2 is 1.90 bits per heavy atom. The average Bonchev–Trinajstić information content (AvgIpc) is 2.47. The number of carbonyl (C=O) groups is 1. The first-order valence-corrected chi connectivity index (χ1v) is 6.24. The lowest BCUT2D eigenvalue weighted by Crippen LogP contribution is -2.16. The number of hydrogen-bond acceptors (Lipinski definition) is 3. The van der Waals surface area contributed by atoms with Gasteiger partial charge in [0.1, 0.15) is 5.75 Å². The molecule has 20 heavy (non-hydrogen) atoms. The van der Waals surface area contributed by atoms with Crippen LogP contribution in [-0.2, 0) is 4.79 Å². The van der Waals surface area contributed by atoms with E-state index >= 15 is 0 Å². The van der Waals surface area contributed by atoms with E-state index in [-0.39, 0.29) is 6.42 Å². The summed E-state index contributed by atoms with van der Waals surface area (Å²) in [5.74, 6) is 0.313. The highest BCUT2D eigenvalue weighted by Crippen LogP contribution is 2.21. The van der Waals surface area contributed by atoms with Gasteiger partial charge in [0, 0.05) is 6.07 Å². The molecule has 0 radical (unpaired) electrons. The molecule has 0 saturated carbocycles. The normalized spacial score (nSPS) is 11.2. The highest BCUT2D eigenvalue weighted by Gasteiger charge is 2.07. The average molecular weight is 268 g/mol. The molecule has 0 saturated heterocycles. The number of benzene rings is 2. The summed E-state index contributed by atoms with van der Waals surface area (Å²) in [6.07, 6.45) is 0.0984. The van der Waals surface area contributed by atoms with Gasteiger partial charge in [-0.1, -0.05) is 36.4 Å². The molecule has 2 aromatic carbocycles. The topological polar surface area (TPSA) is 64.7 Å². The summed E-state index contributed by atoms with van der Waals surface area (Å²) < 4.78 is 5.16. The van der Waals surface area contributed by atoms with Crippen LogP contribution in [0.1, 0.15) is 12.0 Å². The van der Waals surface area contributed by atoms with Crippen LogP contribution < -0.4 is 10.5 Å². The number of ether oxygens (including phenoxy) is 1. The fourth-order valence-electron chi connectivity index (χ4n) is 1.84. The van der Waals surface area contributed by atoms with E-state index in [1.165, 1.54) is 0 Å². The van der Waals surface area contributed by atoms with E-state index in [2.05, 4.69) is 4.99 Å². The molecule has 0 aliphatic carbocycles. The molecule has 0 bridgehead atoms. The fourth-order valence-corrected chi connectivity index (χ4v) is 1.84. The minimum atomic E-state index is -0.407. The van der Waals surface area contributed by atoms with Gasteiger partial charge >= 0.3 is 0 Å². The summed E-state index contributed by atoms with van der Waals surface area (Å²) in [5.41, 5.74) is 7.55. The molecule has 0 heterocycles. The van der Waals surface area contributed by atoms with Crippen molar-refractivity contribution in [2.24, 2.45) is 10.7 Å². The SMILES string of the molecule is COc1cccc(N=C(CC(N)=O)c2ccccc2)c1. The van der Waals surface area contributed by atoms with E-state index in [0.717, 1.165) is 17.0 Å². The lowest BCUT2D eigenvalue weighted by atomic mass is 10.1. The first-order valence-electron chi connectivity index (χ1n) is 6.24. The van der Waals surface area contributed by atoms with Crippen molar-refractivity contribution in [1.82, 2.24) is 0 Å². The van der Waals surface area contributed by atoms with Gasteiger partial charge in [-0.25, -0.2) is 0 Å². The van der Waals surface area contributed by atoms with Gasteiger partial charge in [-0.05, 0) is 17.7 Å². The number of carbonyl (C=O) groups excluding carboxylic acids is 1. The molecule has 4 nitrogen and oxygen atoms in total. The molecule has 4 heteroatoms. The molecule has 0 aliphatic rings. The van der Waals surface area contributed by atoms with E-state index in [4.69, 9.17) is 10.5 Å². The van der Waals surface area contributed by atoms with Crippen molar-refractivity contribution < 1.29 is 9.53 Å². The van der Waals surface area contributed by atoms with Gasteiger partial charge in [0.05, 0.1) is 24.9 Å². The third-order valence-electron chi connectivity index (χ3n) is 2.77. The quantitative estimate of drug-likeness (QED) is 0.847. The van der Waals surface area contributed by atoms with Gasteiger partial charge in [-0.2, -0.15) is 0 Å². The standard InChI is InChI=1S/C16H16N2O2/c1-20-14-9-5-8-13(10-14)18-15(11-16(17)19)12-6-3-2-4-7-12/h2-10H,11H2,1H3,(H2,17,19). The Morgan fingerprint density at radius 3 is 2.55 bits per heavy atom. The Bertz CT molecular complexity index is 621. The monoisotopic (exact) mass is 268 g/mol. The number of amides is 1. The molecule has 2 aromatic rings. The summed E-state index contributed by atoms with van der Waals surface area (Å²) in [6.45, 7) is 0. The Balaban J connectivity index is 2.39. The molecule has 0 unspecified atom stereocenters. The maximum atomic E-state index is 11.2. The molecule has 0 spiro atoms. The maximum absolute atomic E-state index is 11.2. The van der Waals surface area contributed by atoms with Crippen LogP contribution in [0.15, 0.2) is 59.6 Å². The summed E-state index contributed by atoms with van der Waals surface area (Å²) in [6, 6.07) is 16.9. The molecule has 0 fully saturated rings. The van der Waals surface area contributed by atoms with Crippen LogP contribution in [0.4, 0.5) is 5.69 Å². The number of nitrogens with zero attached hydrogens (tertiary/aromatic N) is 1. The fraction of sp³-hybridized carbons (Fsp3) is 0.125. The molecular formula is C16H16N2O2. The molecule has 2 rings (SSSR count). The van der Waals surface area contributed by atoms with Crippen LogP contribution in [0.5, 0.6) is 5.75 Å². The van der Waals surface area contributed by atoms with Crippen molar-refractivity contribution in [3.8, 4) is 5.75 Å². The molecular weight excluding hydrogens is 252 g/mol. The second-order valence-electron chi connectivity index (χ2n) is 4.27. The van der Waals surface area contributed by atoms with Gasteiger partial charge in [0.15, 0.2) is 0 Å².